The van der Waals surface area contributed by atoms with Gasteiger partial charge >= 0.3 is 0 Å². The summed E-state index contributed by atoms with van der Waals surface area (Å²) in [6.07, 6.45) is 1.01. The molecular weight excluding hydrogens is 323 g/mol. The molecule has 20 heavy (non-hydrogen) atoms. The van der Waals surface area contributed by atoms with Crippen LogP contribution in [0.3, 0.4) is 0 Å². The number of hydrogen-bond donors (Lipinski definition) is 2. The molecule has 1 saturated heterocycles. The molecule has 1 aliphatic heterocycles. The number of nitrogen functional groups attached to an aromatic ring is 1. The fourth-order valence-corrected chi connectivity index (χ4v) is 3.25. The zero-order chi connectivity index (χ0) is 14.9. The van der Waals surface area contributed by atoms with Gasteiger partial charge in [-0.15, -0.1) is 0 Å². The zero-order valence-corrected chi connectivity index (χ0v) is 13.4. The summed E-state index contributed by atoms with van der Waals surface area (Å²) in [5.74, 6) is -0.472. The van der Waals surface area contributed by atoms with Gasteiger partial charge < -0.3 is 15.5 Å². The number of amidine groups is 1. The van der Waals surface area contributed by atoms with E-state index in [-0.39, 0.29) is 22.2 Å². The summed E-state index contributed by atoms with van der Waals surface area (Å²) in [7, 11) is 2.09. The van der Waals surface area contributed by atoms with Gasteiger partial charge in [0.2, 0.25) is 0 Å². The second-order valence-electron chi connectivity index (χ2n) is 5.33. The largest absolute Gasteiger partial charge is 0.384 e. The standard InChI is InChI=1S/C14H20BrFN4/c1-9-8-19(2)6-3-7-20(9)11-5-4-10(14(17)18)12(15)13(11)16/h4-5,9H,3,6-8H2,1-2H3,(H3,17,18). The summed E-state index contributed by atoms with van der Waals surface area (Å²) in [4.78, 5) is 4.36. The lowest BCUT2D eigenvalue weighted by Crippen LogP contribution is -2.38. The Kier molecular flexibility index (Phi) is 4.65. The SMILES string of the molecule is CC1CN(C)CCCN1c1ccc(C(=N)N)c(Br)c1F. The van der Waals surface area contributed by atoms with Crippen LogP contribution in [0.1, 0.15) is 18.9 Å². The molecule has 1 aliphatic rings. The molecule has 4 nitrogen and oxygen atoms in total. The average molecular weight is 343 g/mol. The van der Waals surface area contributed by atoms with Crippen molar-refractivity contribution in [1.29, 1.82) is 5.41 Å². The van der Waals surface area contributed by atoms with Gasteiger partial charge in [0, 0.05) is 24.7 Å². The fraction of sp³-hybridized carbons (Fsp3) is 0.500. The quantitative estimate of drug-likeness (QED) is 0.641. The first-order valence-corrected chi connectivity index (χ1v) is 7.48. The lowest BCUT2D eigenvalue weighted by molar-refractivity contribution is 0.337. The second kappa shape index (κ2) is 6.10. The van der Waals surface area contributed by atoms with Gasteiger partial charge in [-0.1, -0.05) is 0 Å². The van der Waals surface area contributed by atoms with Crippen LogP contribution >= 0.6 is 15.9 Å². The molecule has 0 amide bonds. The summed E-state index contributed by atoms with van der Waals surface area (Å²) >= 11 is 3.22. The van der Waals surface area contributed by atoms with Crippen LogP contribution in [0.25, 0.3) is 0 Å². The third kappa shape index (κ3) is 2.96. The molecule has 1 aromatic carbocycles. The highest BCUT2D eigenvalue weighted by molar-refractivity contribution is 9.10. The molecule has 0 radical (unpaired) electrons. The van der Waals surface area contributed by atoms with Gasteiger partial charge in [-0.3, -0.25) is 5.41 Å². The molecule has 110 valence electrons. The van der Waals surface area contributed by atoms with Gasteiger partial charge in [0.15, 0.2) is 5.82 Å². The summed E-state index contributed by atoms with van der Waals surface area (Å²) in [6.45, 7) is 4.86. The van der Waals surface area contributed by atoms with Crippen molar-refractivity contribution in [1.82, 2.24) is 4.90 Å². The smallest absolute Gasteiger partial charge is 0.161 e. The van der Waals surface area contributed by atoms with Crippen molar-refractivity contribution in [3.05, 3.63) is 28.0 Å². The van der Waals surface area contributed by atoms with Gasteiger partial charge in [-0.25, -0.2) is 4.39 Å². The number of hydrogen-bond acceptors (Lipinski definition) is 3. The minimum atomic E-state index is -0.339. The fourth-order valence-electron chi connectivity index (χ4n) is 2.70. The van der Waals surface area contributed by atoms with E-state index in [1.54, 1.807) is 12.1 Å². The molecule has 1 heterocycles. The van der Waals surface area contributed by atoms with E-state index in [9.17, 15) is 4.39 Å². The van der Waals surface area contributed by atoms with Crippen molar-refractivity contribution in [2.75, 3.05) is 31.6 Å². The first kappa shape index (κ1) is 15.3. The van der Waals surface area contributed by atoms with Crippen molar-refractivity contribution in [3.8, 4) is 0 Å². The predicted octanol–water partition coefficient (Wildman–Crippen LogP) is 2.40. The molecule has 0 aliphatic carbocycles. The van der Waals surface area contributed by atoms with Gasteiger partial charge in [0.25, 0.3) is 0 Å². The van der Waals surface area contributed by atoms with Gasteiger partial charge in [0.1, 0.15) is 5.84 Å². The molecule has 1 aromatic rings. The van der Waals surface area contributed by atoms with Crippen LogP contribution in [-0.2, 0) is 0 Å². The van der Waals surface area contributed by atoms with E-state index in [4.69, 9.17) is 11.1 Å². The molecule has 0 bridgehead atoms. The number of nitrogens with one attached hydrogen (secondary N) is 1. The van der Waals surface area contributed by atoms with Crippen LogP contribution in [0.15, 0.2) is 16.6 Å². The van der Waals surface area contributed by atoms with Crippen molar-refractivity contribution in [2.24, 2.45) is 5.73 Å². The van der Waals surface area contributed by atoms with E-state index in [0.717, 1.165) is 26.1 Å². The number of nitrogens with two attached hydrogens (primary N) is 1. The van der Waals surface area contributed by atoms with Crippen molar-refractivity contribution < 1.29 is 4.39 Å². The Bertz CT molecular complexity index is 520. The molecule has 0 saturated carbocycles. The maximum Gasteiger partial charge on any atom is 0.161 e. The highest BCUT2D eigenvalue weighted by atomic mass is 79.9. The van der Waals surface area contributed by atoms with E-state index in [1.165, 1.54) is 0 Å². The van der Waals surface area contributed by atoms with Crippen LogP contribution in [0.2, 0.25) is 0 Å². The first-order valence-electron chi connectivity index (χ1n) is 6.69. The number of nitrogens with zero attached hydrogens (tertiary/aromatic N) is 2. The van der Waals surface area contributed by atoms with Gasteiger partial charge in [-0.2, -0.15) is 0 Å². The average Bonchev–Trinajstić information content (AvgIpc) is 2.53. The summed E-state index contributed by atoms with van der Waals surface area (Å²) in [6, 6.07) is 3.66. The number of anilines is 1. The Morgan fingerprint density at radius 3 is 2.80 bits per heavy atom. The van der Waals surface area contributed by atoms with Crippen molar-refractivity contribution >= 4 is 27.5 Å². The molecule has 0 aromatic heterocycles. The van der Waals surface area contributed by atoms with Crippen LogP contribution < -0.4 is 10.6 Å². The highest BCUT2D eigenvalue weighted by Crippen LogP contribution is 2.31. The number of rotatable bonds is 2. The van der Waals surface area contributed by atoms with Crippen LogP contribution in [0, 0.1) is 11.2 Å². The molecule has 1 unspecified atom stereocenters. The Hall–Kier alpha value is -1.14. The molecule has 0 spiro atoms. The Balaban J connectivity index is 2.37. The van der Waals surface area contributed by atoms with Crippen molar-refractivity contribution in [3.63, 3.8) is 0 Å². The third-order valence-corrected chi connectivity index (χ3v) is 4.48. The Morgan fingerprint density at radius 2 is 2.15 bits per heavy atom. The van der Waals surface area contributed by atoms with E-state index < -0.39 is 0 Å². The first-order chi connectivity index (χ1) is 9.41. The number of benzene rings is 1. The van der Waals surface area contributed by atoms with Gasteiger partial charge in [-0.05, 0) is 55.0 Å². The van der Waals surface area contributed by atoms with Crippen LogP contribution in [0.5, 0.6) is 0 Å². The molecule has 3 N–H and O–H groups in total. The summed E-state index contributed by atoms with van der Waals surface area (Å²) < 4.78 is 14.8. The molecular formula is C14H20BrFN4. The summed E-state index contributed by atoms with van der Waals surface area (Å²) in [5.41, 5.74) is 6.42. The number of likely N-dealkylation sites (N-methyl/N-ethyl adjacent to an activating group) is 1. The summed E-state index contributed by atoms with van der Waals surface area (Å²) in [5, 5.41) is 7.45. The Labute approximate surface area is 127 Å². The minimum absolute atomic E-state index is 0.133. The monoisotopic (exact) mass is 342 g/mol. The highest BCUT2D eigenvalue weighted by Gasteiger charge is 2.24. The predicted molar refractivity (Wildman–Crippen MR) is 84.0 cm³/mol. The van der Waals surface area contributed by atoms with E-state index in [2.05, 4.69) is 39.7 Å². The molecule has 1 atom stereocenters. The van der Waals surface area contributed by atoms with Crippen LogP contribution in [-0.4, -0.2) is 43.5 Å². The van der Waals surface area contributed by atoms with Crippen LogP contribution in [0.4, 0.5) is 10.1 Å². The second-order valence-corrected chi connectivity index (χ2v) is 6.13. The molecule has 2 rings (SSSR count). The van der Waals surface area contributed by atoms with E-state index in [1.807, 2.05) is 0 Å². The zero-order valence-electron chi connectivity index (χ0n) is 11.8. The lowest BCUT2D eigenvalue weighted by Gasteiger charge is -2.31. The third-order valence-electron chi connectivity index (χ3n) is 3.71. The Morgan fingerprint density at radius 1 is 1.45 bits per heavy atom. The van der Waals surface area contributed by atoms with E-state index in [0.29, 0.717) is 11.3 Å². The normalized spacial score (nSPS) is 20.8. The van der Waals surface area contributed by atoms with Crippen molar-refractivity contribution in [2.45, 2.75) is 19.4 Å². The number of halogens is 2. The minimum Gasteiger partial charge on any atom is -0.384 e. The molecule has 1 fully saturated rings. The maximum atomic E-state index is 14.6. The topological polar surface area (TPSA) is 56.4 Å². The molecule has 6 heteroatoms. The van der Waals surface area contributed by atoms with E-state index >= 15 is 0 Å². The maximum absolute atomic E-state index is 14.6. The van der Waals surface area contributed by atoms with Gasteiger partial charge in [0.05, 0.1) is 10.2 Å². The lowest BCUT2D eigenvalue weighted by atomic mass is 10.1.